The maximum absolute atomic E-state index is 11.6. The molecular formula is C40H31BO2. The van der Waals surface area contributed by atoms with E-state index in [2.05, 4.69) is 147 Å². The van der Waals surface area contributed by atoms with Crippen LogP contribution in [0.2, 0.25) is 0 Å². The molecule has 3 heteroatoms. The molecule has 0 spiro atoms. The van der Waals surface area contributed by atoms with Gasteiger partial charge < -0.3 is 9.68 Å². The van der Waals surface area contributed by atoms with Crippen molar-refractivity contribution in [2.45, 2.75) is 24.7 Å². The molecule has 0 aliphatic heterocycles. The molecule has 43 heavy (non-hydrogen) atoms. The standard InChI is InChI=1S/C40H31BO2/c1-39(2)35-19-11-9-17-31(35)33-24-22-30(26-37(33)39)43-41(42)29-21-23-34-32-18-10-12-20-36(32)40(38(34)25-29,27-13-5-3-6-14-27)28-15-7-4-8-16-28/h3-26,42H,1-2H3. The van der Waals surface area contributed by atoms with Gasteiger partial charge in [0.1, 0.15) is 5.75 Å². The summed E-state index contributed by atoms with van der Waals surface area (Å²) in [4.78, 5) is 0. The molecule has 8 rings (SSSR count). The van der Waals surface area contributed by atoms with Gasteiger partial charge in [-0.3, -0.25) is 0 Å². The van der Waals surface area contributed by atoms with Crippen LogP contribution in [-0.4, -0.2) is 12.1 Å². The van der Waals surface area contributed by atoms with E-state index < -0.39 is 12.5 Å². The fourth-order valence-electron chi connectivity index (χ4n) is 7.57. The second-order valence-corrected chi connectivity index (χ2v) is 12.2. The van der Waals surface area contributed by atoms with Gasteiger partial charge in [0.25, 0.3) is 0 Å². The van der Waals surface area contributed by atoms with Gasteiger partial charge in [0, 0.05) is 5.41 Å². The first-order chi connectivity index (χ1) is 21.0. The lowest BCUT2D eigenvalue weighted by molar-refractivity contribution is 0.432. The molecule has 0 aromatic heterocycles. The lowest BCUT2D eigenvalue weighted by Gasteiger charge is -2.34. The molecule has 6 aromatic rings. The quantitative estimate of drug-likeness (QED) is 0.218. The van der Waals surface area contributed by atoms with Crippen LogP contribution in [0, 0.1) is 0 Å². The average molecular weight is 554 g/mol. The number of benzene rings is 6. The molecule has 0 unspecified atom stereocenters. The van der Waals surface area contributed by atoms with Gasteiger partial charge in [-0.25, -0.2) is 0 Å². The van der Waals surface area contributed by atoms with E-state index in [1.165, 1.54) is 50.1 Å². The van der Waals surface area contributed by atoms with Crippen LogP contribution >= 0.6 is 0 Å². The Morgan fingerprint density at radius 3 is 1.67 bits per heavy atom. The largest absolute Gasteiger partial charge is 0.560 e. The first-order valence-electron chi connectivity index (χ1n) is 14.9. The third kappa shape index (κ3) is 3.71. The second-order valence-electron chi connectivity index (χ2n) is 12.2. The van der Waals surface area contributed by atoms with Crippen LogP contribution in [0.3, 0.4) is 0 Å². The Morgan fingerprint density at radius 2 is 1.00 bits per heavy atom. The zero-order valence-electron chi connectivity index (χ0n) is 24.3. The van der Waals surface area contributed by atoms with Crippen LogP contribution in [-0.2, 0) is 10.8 Å². The van der Waals surface area contributed by atoms with Crippen LogP contribution in [0.5, 0.6) is 5.75 Å². The van der Waals surface area contributed by atoms with Crippen molar-refractivity contribution in [3.05, 3.63) is 179 Å². The van der Waals surface area contributed by atoms with Crippen LogP contribution in [0.4, 0.5) is 0 Å². The molecule has 0 heterocycles. The lowest BCUT2D eigenvalue weighted by atomic mass is 9.66. The Kier molecular flexibility index (Phi) is 5.76. The number of rotatable bonds is 5. The predicted molar refractivity (Wildman–Crippen MR) is 176 cm³/mol. The summed E-state index contributed by atoms with van der Waals surface area (Å²) in [5.41, 5.74) is 12.3. The smallest absolute Gasteiger partial charge is 0.532 e. The normalized spacial score (nSPS) is 14.8. The third-order valence-corrected chi connectivity index (χ3v) is 9.57. The Balaban J connectivity index is 1.24. The molecule has 206 valence electrons. The van der Waals surface area contributed by atoms with Gasteiger partial charge in [0.2, 0.25) is 0 Å². The zero-order chi connectivity index (χ0) is 29.2. The third-order valence-electron chi connectivity index (χ3n) is 9.57. The van der Waals surface area contributed by atoms with Crippen LogP contribution in [0.1, 0.15) is 47.2 Å². The van der Waals surface area contributed by atoms with Crippen molar-refractivity contribution in [2.75, 3.05) is 0 Å². The van der Waals surface area contributed by atoms with Gasteiger partial charge >= 0.3 is 7.12 Å². The van der Waals surface area contributed by atoms with E-state index in [1.54, 1.807) is 0 Å². The summed E-state index contributed by atoms with van der Waals surface area (Å²) in [5, 5.41) is 11.6. The summed E-state index contributed by atoms with van der Waals surface area (Å²) in [6, 6.07) is 51.2. The number of hydrogen-bond donors (Lipinski definition) is 1. The van der Waals surface area contributed by atoms with E-state index in [-0.39, 0.29) is 5.41 Å². The van der Waals surface area contributed by atoms with Gasteiger partial charge in [-0.05, 0) is 73.2 Å². The topological polar surface area (TPSA) is 29.5 Å². The SMILES string of the molecule is CC1(C)c2ccccc2-c2ccc(OB(O)c3ccc4c(c3)C(c3ccccc3)(c3ccccc3)c3ccccc3-4)cc21. The predicted octanol–water partition coefficient (Wildman–Crippen LogP) is 8.12. The first-order valence-corrected chi connectivity index (χ1v) is 14.9. The average Bonchev–Trinajstić information content (AvgIpc) is 3.48. The monoisotopic (exact) mass is 554 g/mol. The Morgan fingerprint density at radius 1 is 0.488 bits per heavy atom. The van der Waals surface area contributed by atoms with Gasteiger partial charge in [-0.2, -0.15) is 0 Å². The zero-order valence-corrected chi connectivity index (χ0v) is 24.3. The molecule has 0 atom stereocenters. The van der Waals surface area contributed by atoms with Gasteiger partial charge in [0.05, 0.1) is 5.41 Å². The molecule has 0 bridgehead atoms. The second kappa shape index (κ2) is 9.59. The minimum absolute atomic E-state index is 0.138. The van der Waals surface area contributed by atoms with E-state index in [0.717, 1.165) is 11.0 Å². The summed E-state index contributed by atoms with van der Waals surface area (Å²) in [7, 11) is -1.12. The van der Waals surface area contributed by atoms with Crippen LogP contribution < -0.4 is 10.1 Å². The molecule has 2 aliphatic rings. The van der Waals surface area contributed by atoms with Crippen LogP contribution in [0.25, 0.3) is 22.3 Å². The van der Waals surface area contributed by atoms with E-state index in [9.17, 15) is 5.02 Å². The minimum atomic E-state index is -1.12. The van der Waals surface area contributed by atoms with Gasteiger partial charge in [-0.15, -0.1) is 0 Å². The van der Waals surface area contributed by atoms with Gasteiger partial charge in [-0.1, -0.05) is 147 Å². The van der Waals surface area contributed by atoms with Crippen molar-refractivity contribution in [3.8, 4) is 28.0 Å². The Labute approximate surface area is 253 Å². The summed E-state index contributed by atoms with van der Waals surface area (Å²) in [5.74, 6) is 0.660. The lowest BCUT2D eigenvalue weighted by Crippen LogP contribution is -2.38. The molecule has 2 nitrogen and oxygen atoms in total. The first kappa shape index (κ1) is 25.8. The minimum Gasteiger partial charge on any atom is -0.532 e. The fraction of sp³-hybridized carbons (Fsp3) is 0.100. The summed E-state index contributed by atoms with van der Waals surface area (Å²) in [6.07, 6.45) is 0. The molecule has 1 N–H and O–H groups in total. The molecular weight excluding hydrogens is 523 g/mol. The van der Waals surface area contributed by atoms with E-state index in [1.807, 2.05) is 12.1 Å². The van der Waals surface area contributed by atoms with E-state index in [4.69, 9.17) is 4.65 Å². The molecule has 0 fully saturated rings. The summed E-state index contributed by atoms with van der Waals surface area (Å²) in [6.45, 7) is 4.51. The highest BCUT2D eigenvalue weighted by Gasteiger charge is 2.46. The summed E-state index contributed by atoms with van der Waals surface area (Å²) >= 11 is 0. The maximum atomic E-state index is 11.6. The van der Waals surface area contributed by atoms with E-state index in [0.29, 0.717) is 5.75 Å². The molecule has 6 aromatic carbocycles. The number of fused-ring (bicyclic) bond motifs is 6. The molecule has 0 saturated heterocycles. The van der Waals surface area contributed by atoms with Crippen molar-refractivity contribution < 1.29 is 9.68 Å². The van der Waals surface area contributed by atoms with Crippen molar-refractivity contribution in [1.29, 1.82) is 0 Å². The van der Waals surface area contributed by atoms with Crippen molar-refractivity contribution in [2.24, 2.45) is 0 Å². The Bertz CT molecular complexity index is 1960. The maximum Gasteiger partial charge on any atom is 0.560 e. The number of hydrogen-bond acceptors (Lipinski definition) is 2. The van der Waals surface area contributed by atoms with Crippen molar-refractivity contribution >= 4 is 12.6 Å². The molecule has 0 amide bonds. The van der Waals surface area contributed by atoms with E-state index >= 15 is 0 Å². The molecule has 0 saturated carbocycles. The van der Waals surface area contributed by atoms with Crippen LogP contribution in [0.15, 0.2) is 146 Å². The highest BCUT2D eigenvalue weighted by molar-refractivity contribution is 6.60. The van der Waals surface area contributed by atoms with Gasteiger partial charge in [0.15, 0.2) is 0 Å². The van der Waals surface area contributed by atoms with Crippen molar-refractivity contribution in [3.63, 3.8) is 0 Å². The molecule has 0 radical (unpaired) electrons. The fourth-order valence-corrected chi connectivity index (χ4v) is 7.57. The highest BCUT2D eigenvalue weighted by Crippen LogP contribution is 2.55. The Hall–Kier alpha value is -4.86. The summed E-state index contributed by atoms with van der Waals surface area (Å²) < 4.78 is 6.29. The van der Waals surface area contributed by atoms with Crippen molar-refractivity contribution in [1.82, 2.24) is 0 Å². The highest BCUT2D eigenvalue weighted by atomic mass is 16.5. The molecule has 2 aliphatic carbocycles.